The van der Waals surface area contributed by atoms with Gasteiger partial charge in [-0.15, -0.1) is 0 Å². The molecule has 2 aromatic carbocycles. The fourth-order valence-electron chi connectivity index (χ4n) is 2.56. The molecule has 0 amide bonds. The highest BCUT2D eigenvalue weighted by molar-refractivity contribution is 5.45. The van der Waals surface area contributed by atoms with Gasteiger partial charge >= 0.3 is 0 Å². The number of hydrogen-bond donors (Lipinski definition) is 3. The smallest absolute Gasteiger partial charge is 0.124 e. The van der Waals surface area contributed by atoms with E-state index in [0.29, 0.717) is 5.56 Å². The molecular formula is C17H21NO3. The Bertz CT molecular complexity index is 592. The fourth-order valence-corrected chi connectivity index (χ4v) is 2.56. The molecule has 112 valence electrons. The standard InChI is InChI=1S/C17H21NO3/c1-11(13-7-4-5-10-16(13)21-3)18-12(2)17-14(19)8-6-9-15(17)20/h4-12,18-20H,1-3H3/t11-,12?/m1/s1. The van der Waals surface area contributed by atoms with E-state index in [9.17, 15) is 10.2 Å². The molecule has 0 spiro atoms. The van der Waals surface area contributed by atoms with Crippen molar-refractivity contribution in [1.82, 2.24) is 5.32 Å². The van der Waals surface area contributed by atoms with Crippen molar-refractivity contribution >= 4 is 0 Å². The van der Waals surface area contributed by atoms with Gasteiger partial charge in [-0.25, -0.2) is 0 Å². The molecule has 4 nitrogen and oxygen atoms in total. The second-order valence-corrected chi connectivity index (χ2v) is 5.06. The van der Waals surface area contributed by atoms with E-state index in [-0.39, 0.29) is 23.6 Å². The molecule has 21 heavy (non-hydrogen) atoms. The third kappa shape index (κ3) is 3.28. The minimum Gasteiger partial charge on any atom is -0.507 e. The van der Waals surface area contributed by atoms with Crippen molar-refractivity contribution in [2.75, 3.05) is 7.11 Å². The Labute approximate surface area is 125 Å². The number of phenolic OH excluding ortho intramolecular Hbond substituents is 2. The molecule has 1 unspecified atom stereocenters. The number of rotatable bonds is 5. The highest BCUT2D eigenvalue weighted by Crippen LogP contribution is 2.34. The molecule has 0 aliphatic carbocycles. The summed E-state index contributed by atoms with van der Waals surface area (Å²) in [6, 6.07) is 12.3. The summed E-state index contributed by atoms with van der Waals surface area (Å²) in [6.45, 7) is 3.92. The van der Waals surface area contributed by atoms with Gasteiger partial charge in [-0.1, -0.05) is 24.3 Å². The minimum absolute atomic E-state index is 0.00940. The molecule has 2 aromatic rings. The number of benzene rings is 2. The number of para-hydroxylation sites is 1. The highest BCUT2D eigenvalue weighted by atomic mass is 16.5. The minimum atomic E-state index is -0.203. The van der Waals surface area contributed by atoms with Crippen LogP contribution in [0.25, 0.3) is 0 Å². The highest BCUT2D eigenvalue weighted by Gasteiger charge is 2.19. The zero-order valence-electron chi connectivity index (χ0n) is 12.5. The zero-order chi connectivity index (χ0) is 15.4. The van der Waals surface area contributed by atoms with Crippen molar-refractivity contribution in [1.29, 1.82) is 0 Å². The summed E-state index contributed by atoms with van der Waals surface area (Å²) in [4.78, 5) is 0. The van der Waals surface area contributed by atoms with Gasteiger partial charge in [0.25, 0.3) is 0 Å². The number of methoxy groups -OCH3 is 1. The molecule has 2 rings (SSSR count). The number of phenols is 2. The van der Waals surface area contributed by atoms with Gasteiger partial charge in [0.15, 0.2) is 0 Å². The molecular weight excluding hydrogens is 266 g/mol. The van der Waals surface area contributed by atoms with Gasteiger partial charge in [-0.05, 0) is 32.0 Å². The number of ether oxygens (including phenoxy) is 1. The zero-order valence-corrected chi connectivity index (χ0v) is 12.5. The lowest BCUT2D eigenvalue weighted by molar-refractivity contribution is 0.387. The fraction of sp³-hybridized carbons (Fsp3) is 0.294. The van der Waals surface area contributed by atoms with Crippen molar-refractivity contribution in [3.8, 4) is 17.2 Å². The average Bonchev–Trinajstić information content (AvgIpc) is 2.46. The SMILES string of the molecule is COc1ccccc1[C@@H](C)NC(C)c1c(O)cccc1O. The number of nitrogens with one attached hydrogen (secondary N) is 1. The van der Waals surface area contributed by atoms with Gasteiger partial charge in [0.1, 0.15) is 17.2 Å². The van der Waals surface area contributed by atoms with Gasteiger partial charge in [-0.3, -0.25) is 0 Å². The molecule has 0 aromatic heterocycles. The molecule has 0 saturated carbocycles. The monoisotopic (exact) mass is 287 g/mol. The van der Waals surface area contributed by atoms with Crippen LogP contribution in [0.2, 0.25) is 0 Å². The van der Waals surface area contributed by atoms with E-state index in [0.717, 1.165) is 11.3 Å². The van der Waals surface area contributed by atoms with E-state index in [4.69, 9.17) is 4.74 Å². The van der Waals surface area contributed by atoms with E-state index < -0.39 is 0 Å². The summed E-state index contributed by atoms with van der Waals surface area (Å²) >= 11 is 0. The molecule has 3 N–H and O–H groups in total. The van der Waals surface area contributed by atoms with Crippen LogP contribution < -0.4 is 10.1 Å². The molecule has 2 atom stereocenters. The largest absolute Gasteiger partial charge is 0.507 e. The molecule has 0 aliphatic rings. The Morgan fingerprint density at radius 1 is 0.905 bits per heavy atom. The third-order valence-corrected chi connectivity index (χ3v) is 3.60. The second kappa shape index (κ2) is 6.50. The summed E-state index contributed by atoms with van der Waals surface area (Å²) in [5.41, 5.74) is 1.53. The van der Waals surface area contributed by atoms with Gasteiger partial charge in [0.05, 0.1) is 12.7 Å². The summed E-state index contributed by atoms with van der Waals surface area (Å²) < 4.78 is 5.36. The Hall–Kier alpha value is -2.20. The summed E-state index contributed by atoms with van der Waals surface area (Å²) in [5, 5.41) is 23.2. The summed E-state index contributed by atoms with van der Waals surface area (Å²) in [6.07, 6.45) is 0. The normalized spacial score (nSPS) is 13.7. The van der Waals surface area contributed by atoms with Crippen LogP contribution in [0.3, 0.4) is 0 Å². The molecule has 0 radical (unpaired) electrons. The van der Waals surface area contributed by atoms with E-state index in [2.05, 4.69) is 5.32 Å². The maximum atomic E-state index is 9.92. The molecule has 0 bridgehead atoms. The van der Waals surface area contributed by atoms with Gasteiger partial charge in [-0.2, -0.15) is 0 Å². The van der Waals surface area contributed by atoms with Crippen LogP contribution in [0.5, 0.6) is 17.2 Å². The van der Waals surface area contributed by atoms with Gasteiger partial charge < -0.3 is 20.3 Å². The van der Waals surface area contributed by atoms with Crippen molar-refractivity contribution in [3.05, 3.63) is 53.6 Å². The predicted molar refractivity (Wildman–Crippen MR) is 82.7 cm³/mol. The maximum absolute atomic E-state index is 9.92. The van der Waals surface area contributed by atoms with Crippen LogP contribution in [-0.2, 0) is 0 Å². The Morgan fingerprint density at radius 3 is 2.14 bits per heavy atom. The molecule has 0 fully saturated rings. The molecule has 0 heterocycles. The first-order valence-corrected chi connectivity index (χ1v) is 6.94. The molecule has 0 aliphatic heterocycles. The summed E-state index contributed by atoms with van der Waals surface area (Å²) in [7, 11) is 1.64. The van der Waals surface area contributed by atoms with E-state index >= 15 is 0 Å². The van der Waals surface area contributed by atoms with Crippen LogP contribution in [0.15, 0.2) is 42.5 Å². The topological polar surface area (TPSA) is 61.7 Å². The lowest BCUT2D eigenvalue weighted by Gasteiger charge is -2.23. The van der Waals surface area contributed by atoms with Crippen LogP contribution in [-0.4, -0.2) is 17.3 Å². The first-order valence-electron chi connectivity index (χ1n) is 6.94. The average molecular weight is 287 g/mol. The first kappa shape index (κ1) is 15.2. The predicted octanol–water partition coefficient (Wildman–Crippen LogP) is 3.52. The van der Waals surface area contributed by atoms with Crippen LogP contribution in [0, 0.1) is 0 Å². The Kier molecular flexibility index (Phi) is 4.70. The quantitative estimate of drug-likeness (QED) is 0.787. The van der Waals surface area contributed by atoms with Crippen molar-refractivity contribution in [3.63, 3.8) is 0 Å². The maximum Gasteiger partial charge on any atom is 0.124 e. The lowest BCUT2D eigenvalue weighted by Crippen LogP contribution is -2.23. The van der Waals surface area contributed by atoms with Gasteiger partial charge in [0.2, 0.25) is 0 Å². The van der Waals surface area contributed by atoms with E-state index in [1.165, 1.54) is 0 Å². The second-order valence-electron chi connectivity index (χ2n) is 5.06. The van der Waals surface area contributed by atoms with Crippen molar-refractivity contribution in [2.45, 2.75) is 25.9 Å². The van der Waals surface area contributed by atoms with Crippen LogP contribution in [0.4, 0.5) is 0 Å². The van der Waals surface area contributed by atoms with Crippen molar-refractivity contribution < 1.29 is 14.9 Å². The van der Waals surface area contributed by atoms with Crippen molar-refractivity contribution in [2.24, 2.45) is 0 Å². The molecule has 4 heteroatoms. The molecule has 0 saturated heterocycles. The third-order valence-electron chi connectivity index (χ3n) is 3.60. The Balaban J connectivity index is 2.21. The first-order chi connectivity index (χ1) is 10.0. The van der Waals surface area contributed by atoms with E-state index in [1.807, 2.05) is 38.1 Å². The summed E-state index contributed by atoms with van der Waals surface area (Å²) in [5.74, 6) is 0.982. The lowest BCUT2D eigenvalue weighted by atomic mass is 10.0. The van der Waals surface area contributed by atoms with Crippen LogP contribution >= 0.6 is 0 Å². The van der Waals surface area contributed by atoms with Crippen LogP contribution in [0.1, 0.15) is 37.1 Å². The van der Waals surface area contributed by atoms with Gasteiger partial charge in [0, 0.05) is 17.6 Å². The Morgan fingerprint density at radius 2 is 1.52 bits per heavy atom. The number of aromatic hydroxyl groups is 2. The number of hydrogen-bond acceptors (Lipinski definition) is 4. The van der Waals surface area contributed by atoms with E-state index in [1.54, 1.807) is 25.3 Å².